The topological polar surface area (TPSA) is 27.7 Å². The zero-order valence-electron chi connectivity index (χ0n) is 7.26. The van der Waals surface area contributed by atoms with Gasteiger partial charge in [-0.3, -0.25) is 0 Å². The summed E-state index contributed by atoms with van der Waals surface area (Å²) in [6, 6.07) is 0. The molecule has 4 atom stereocenters. The molecule has 4 aliphatic heterocycles. The van der Waals surface area contributed by atoms with Gasteiger partial charge >= 0.3 is 0 Å². The number of hydrogen-bond acceptors (Lipinski definition) is 3. The van der Waals surface area contributed by atoms with Gasteiger partial charge in [0.25, 0.3) is 0 Å². The molecule has 0 radical (unpaired) electrons. The third kappa shape index (κ3) is 0.485. The molecule has 6 fully saturated rings. The SMILES string of the molecule is C1OC2C3OC4C1C1OC2C3CC41. The standard InChI is InChI=1S/C10H12O3/c1-3-6-5-2-11-10-8(12-6)4(1)9(10)13-7(3)5/h3-10H,1-2H2. The third-order valence-electron chi connectivity index (χ3n) is 4.83. The van der Waals surface area contributed by atoms with E-state index >= 15 is 0 Å². The van der Waals surface area contributed by atoms with E-state index in [2.05, 4.69) is 0 Å². The van der Waals surface area contributed by atoms with Crippen LogP contribution in [0.5, 0.6) is 0 Å². The van der Waals surface area contributed by atoms with Crippen LogP contribution in [0, 0.1) is 17.8 Å². The van der Waals surface area contributed by atoms with Crippen LogP contribution in [0.2, 0.25) is 0 Å². The molecule has 3 heteroatoms. The summed E-state index contributed by atoms with van der Waals surface area (Å²) in [6.07, 6.45) is 3.37. The maximum atomic E-state index is 6.07. The lowest BCUT2D eigenvalue weighted by Crippen LogP contribution is -2.76. The van der Waals surface area contributed by atoms with Crippen LogP contribution in [0.15, 0.2) is 0 Å². The van der Waals surface area contributed by atoms with Gasteiger partial charge < -0.3 is 14.2 Å². The smallest absolute Gasteiger partial charge is 0.110 e. The summed E-state index contributed by atoms with van der Waals surface area (Å²) < 4.78 is 18.0. The van der Waals surface area contributed by atoms with Crippen LogP contribution >= 0.6 is 0 Å². The number of hydrogen-bond donors (Lipinski definition) is 0. The molecule has 0 aromatic rings. The lowest BCUT2D eigenvalue weighted by atomic mass is 9.56. The van der Waals surface area contributed by atoms with E-state index in [1.165, 1.54) is 6.42 Å². The van der Waals surface area contributed by atoms with Gasteiger partial charge in [0.2, 0.25) is 0 Å². The van der Waals surface area contributed by atoms with E-state index in [1.807, 2.05) is 0 Å². The molecular formula is C10H12O3. The van der Waals surface area contributed by atoms with Crippen molar-refractivity contribution in [3.8, 4) is 0 Å². The monoisotopic (exact) mass is 180 g/mol. The molecule has 4 unspecified atom stereocenters. The van der Waals surface area contributed by atoms with E-state index in [9.17, 15) is 0 Å². The van der Waals surface area contributed by atoms with Crippen LogP contribution in [0.25, 0.3) is 0 Å². The van der Waals surface area contributed by atoms with Gasteiger partial charge in [-0.1, -0.05) is 0 Å². The van der Waals surface area contributed by atoms with Crippen molar-refractivity contribution in [3.63, 3.8) is 0 Å². The predicted molar refractivity (Wildman–Crippen MR) is 42.1 cm³/mol. The van der Waals surface area contributed by atoms with Gasteiger partial charge in [0.05, 0.1) is 31.0 Å². The first-order valence-electron chi connectivity index (χ1n) is 5.36. The highest BCUT2D eigenvalue weighted by molar-refractivity contribution is 5.18. The van der Waals surface area contributed by atoms with Crippen molar-refractivity contribution in [1.29, 1.82) is 0 Å². The molecule has 0 aromatic heterocycles. The zero-order valence-corrected chi connectivity index (χ0v) is 7.26. The summed E-state index contributed by atoms with van der Waals surface area (Å²) in [5.74, 6) is 1.94. The second-order valence-corrected chi connectivity index (χ2v) is 5.16. The largest absolute Gasteiger partial charge is 0.372 e. The fourth-order valence-electron chi connectivity index (χ4n) is 4.15. The molecule has 0 aromatic carbocycles. The third-order valence-corrected chi connectivity index (χ3v) is 4.83. The second kappa shape index (κ2) is 1.69. The maximum absolute atomic E-state index is 6.07. The summed E-state index contributed by atoms with van der Waals surface area (Å²) in [5.41, 5.74) is 0. The molecule has 0 N–H and O–H groups in total. The quantitative estimate of drug-likeness (QED) is 0.532. The molecule has 6 aliphatic rings. The van der Waals surface area contributed by atoms with Gasteiger partial charge in [0, 0.05) is 17.8 Å². The maximum Gasteiger partial charge on any atom is 0.110 e. The van der Waals surface area contributed by atoms with Crippen LogP contribution in [0.1, 0.15) is 6.42 Å². The first-order chi connectivity index (χ1) is 6.43. The molecule has 4 heterocycles. The molecule has 70 valence electrons. The van der Waals surface area contributed by atoms with Gasteiger partial charge in [0.1, 0.15) is 6.10 Å². The Morgan fingerprint density at radius 1 is 0.692 bits per heavy atom. The molecule has 13 heavy (non-hydrogen) atoms. The number of fused-ring (bicyclic) bond motifs is 1. The van der Waals surface area contributed by atoms with E-state index in [1.54, 1.807) is 0 Å². The molecule has 4 saturated heterocycles. The minimum Gasteiger partial charge on any atom is -0.372 e. The molecule has 0 spiro atoms. The van der Waals surface area contributed by atoms with Crippen molar-refractivity contribution in [2.24, 2.45) is 17.8 Å². The summed E-state index contributed by atoms with van der Waals surface area (Å²) in [4.78, 5) is 0. The minimum absolute atomic E-state index is 0.281. The van der Waals surface area contributed by atoms with Crippen molar-refractivity contribution in [2.45, 2.75) is 36.9 Å². The van der Waals surface area contributed by atoms with Gasteiger partial charge in [-0.2, -0.15) is 0 Å². The van der Waals surface area contributed by atoms with Gasteiger partial charge in [-0.15, -0.1) is 0 Å². The van der Waals surface area contributed by atoms with Crippen molar-refractivity contribution in [2.75, 3.05) is 6.61 Å². The highest BCUT2D eigenvalue weighted by Gasteiger charge is 2.71. The normalized spacial score (nSPS) is 75.7. The van der Waals surface area contributed by atoms with Crippen LogP contribution in [0.3, 0.4) is 0 Å². The molecule has 2 saturated carbocycles. The fraction of sp³-hybridized carbons (Fsp3) is 1.00. The fourth-order valence-corrected chi connectivity index (χ4v) is 4.15. The Morgan fingerprint density at radius 2 is 1.38 bits per heavy atom. The lowest BCUT2D eigenvalue weighted by Gasteiger charge is -2.66. The van der Waals surface area contributed by atoms with E-state index in [4.69, 9.17) is 14.2 Å². The molecule has 0 amide bonds. The summed E-state index contributed by atoms with van der Waals surface area (Å²) in [6.45, 7) is 0.885. The minimum atomic E-state index is 0.281. The molecule has 6 rings (SSSR count). The van der Waals surface area contributed by atoms with Crippen LogP contribution < -0.4 is 0 Å². The Bertz CT molecular complexity index is 244. The van der Waals surface area contributed by atoms with E-state index in [0.29, 0.717) is 42.2 Å². The molecule has 2 aliphatic carbocycles. The summed E-state index contributed by atoms with van der Waals surface area (Å²) >= 11 is 0. The first kappa shape index (κ1) is 6.38. The first-order valence-corrected chi connectivity index (χ1v) is 5.36. The van der Waals surface area contributed by atoms with Crippen molar-refractivity contribution in [3.05, 3.63) is 0 Å². The number of rotatable bonds is 0. The lowest BCUT2D eigenvalue weighted by molar-refractivity contribution is -0.368. The Labute approximate surface area is 76.3 Å². The van der Waals surface area contributed by atoms with Crippen molar-refractivity contribution >= 4 is 0 Å². The van der Waals surface area contributed by atoms with Crippen LogP contribution in [0.4, 0.5) is 0 Å². The zero-order chi connectivity index (χ0) is 8.15. The van der Waals surface area contributed by atoms with E-state index in [-0.39, 0.29) is 6.10 Å². The van der Waals surface area contributed by atoms with Crippen molar-refractivity contribution in [1.82, 2.24) is 0 Å². The van der Waals surface area contributed by atoms with Crippen LogP contribution in [-0.2, 0) is 14.2 Å². The van der Waals surface area contributed by atoms with Gasteiger partial charge in [0.15, 0.2) is 0 Å². The molecular weight excluding hydrogens is 168 g/mol. The Hall–Kier alpha value is -0.120. The summed E-state index contributed by atoms with van der Waals surface area (Å²) in [5, 5.41) is 0. The predicted octanol–water partition coefficient (Wildman–Crippen LogP) is 0.186. The average Bonchev–Trinajstić information content (AvgIpc) is 2.15. The highest BCUT2D eigenvalue weighted by Crippen LogP contribution is 2.61. The van der Waals surface area contributed by atoms with Gasteiger partial charge in [-0.05, 0) is 6.42 Å². The Kier molecular flexibility index (Phi) is 0.827. The Morgan fingerprint density at radius 3 is 2.15 bits per heavy atom. The summed E-state index contributed by atoms with van der Waals surface area (Å²) in [7, 11) is 0. The van der Waals surface area contributed by atoms with Crippen LogP contribution in [-0.4, -0.2) is 37.1 Å². The second-order valence-electron chi connectivity index (χ2n) is 5.16. The Balaban J connectivity index is 1.72. The highest BCUT2D eigenvalue weighted by atomic mass is 16.6. The molecule has 8 bridgehead atoms. The van der Waals surface area contributed by atoms with Gasteiger partial charge in [-0.25, -0.2) is 0 Å². The molecule has 3 nitrogen and oxygen atoms in total. The van der Waals surface area contributed by atoms with E-state index in [0.717, 1.165) is 6.61 Å². The number of ether oxygens (including phenoxy) is 3. The average molecular weight is 180 g/mol. The van der Waals surface area contributed by atoms with Crippen molar-refractivity contribution < 1.29 is 14.2 Å². The van der Waals surface area contributed by atoms with E-state index < -0.39 is 0 Å².